The molecule has 0 atom stereocenters. The van der Waals surface area contributed by atoms with Crippen LogP contribution in [0.15, 0.2) is 18.2 Å². The van der Waals surface area contributed by atoms with E-state index in [1.807, 2.05) is 0 Å². The number of unbranched alkanes of at least 4 members (excludes halogenated alkanes) is 1. The zero-order valence-corrected chi connectivity index (χ0v) is 14.0. The Morgan fingerprint density at radius 1 is 1.10 bits per heavy atom. The first-order valence-electron chi connectivity index (χ1n) is 8.69. The minimum absolute atomic E-state index is 0.321. The van der Waals surface area contributed by atoms with E-state index in [9.17, 15) is 4.79 Å². The summed E-state index contributed by atoms with van der Waals surface area (Å²) >= 11 is 0. The number of rotatable bonds is 6. The van der Waals surface area contributed by atoms with Gasteiger partial charge in [0.05, 0.1) is 0 Å². The number of hydrogen-bond donors (Lipinski definition) is 0. The maximum absolute atomic E-state index is 12.6. The fourth-order valence-corrected chi connectivity index (χ4v) is 3.71. The van der Waals surface area contributed by atoms with E-state index in [0.717, 1.165) is 18.8 Å². The Balaban J connectivity index is 1.88. The van der Waals surface area contributed by atoms with Crippen molar-refractivity contribution in [1.82, 2.24) is 0 Å². The molecule has 0 spiro atoms. The van der Waals surface area contributed by atoms with E-state index in [1.54, 1.807) is 0 Å². The highest BCUT2D eigenvalue weighted by Crippen LogP contribution is 2.33. The molecule has 0 heterocycles. The van der Waals surface area contributed by atoms with Gasteiger partial charge in [0.15, 0.2) is 0 Å². The molecule has 1 aliphatic rings. The molecular weight excluding hydrogens is 256 g/mol. The van der Waals surface area contributed by atoms with Crippen molar-refractivity contribution >= 4 is 5.78 Å². The molecule has 1 aliphatic carbocycles. The normalized spacial score (nSPS) is 22.2. The van der Waals surface area contributed by atoms with E-state index < -0.39 is 0 Å². The third-order valence-corrected chi connectivity index (χ3v) is 5.26. The van der Waals surface area contributed by atoms with Crippen molar-refractivity contribution in [2.24, 2.45) is 11.8 Å². The number of benzene rings is 1. The van der Waals surface area contributed by atoms with Crippen LogP contribution < -0.4 is 0 Å². The van der Waals surface area contributed by atoms with Crippen LogP contribution in [-0.2, 0) is 11.2 Å². The first-order valence-corrected chi connectivity index (χ1v) is 8.69. The van der Waals surface area contributed by atoms with Crippen LogP contribution in [0.1, 0.15) is 68.6 Å². The Morgan fingerprint density at radius 2 is 1.71 bits per heavy atom. The number of hydrogen-bond acceptors (Lipinski definition) is 1. The third kappa shape index (κ3) is 4.43. The number of aryl methyl sites for hydroxylation is 2. The molecule has 2 rings (SSSR count). The average molecular weight is 286 g/mol. The van der Waals surface area contributed by atoms with Crippen molar-refractivity contribution in [3.63, 3.8) is 0 Å². The smallest absolute Gasteiger partial charge is 0.140 e. The summed E-state index contributed by atoms with van der Waals surface area (Å²) in [6, 6.07) is 6.33. The highest BCUT2D eigenvalue weighted by atomic mass is 16.1. The second kappa shape index (κ2) is 7.77. The predicted octanol–water partition coefficient (Wildman–Crippen LogP) is 5.41. The molecular formula is C20H30O. The first kappa shape index (κ1) is 16.3. The Bertz CT molecular complexity index is 446. The standard InChI is InChI=1S/C20H30O/c1-4-5-9-17-10-12-18(13-11-17)20(21)14-19-15(2)7-6-8-16(19)3/h6-8,17-18H,4-5,9-14H2,1-3H3. The summed E-state index contributed by atoms with van der Waals surface area (Å²) in [6.45, 7) is 6.51. The number of carbonyl (C=O) groups is 1. The van der Waals surface area contributed by atoms with Crippen molar-refractivity contribution in [2.75, 3.05) is 0 Å². The molecule has 0 N–H and O–H groups in total. The largest absolute Gasteiger partial charge is 0.299 e. The SMILES string of the molecule is CCCCC1CCC(C(=O)Cc2c(C)cccc2C)CC1. The first-order chi connectivity index (χ1) is 10.1. The molecule has 1 saturated carbocycles. The Labute approximate surface area is 130 Å². The van der Waals surface area contributed by atoms with Gasteiger partial charge in [0, 0.05) is 12.3 Å². The van der Waals surface area contributed by atoms with Gasteiger partial charge in [-0.15, -0.1) is 0 Å². The lowest BCUT2D eigenvalue weighted by atomic mass is 9.77. The van der Waals surface area contributed by atoms with Crippen molar-refractivity contribution < 1.29 is 4.79 Å². The van der Waals surface area contributed by atoms with Gasteiger partial charge in [-0.3, -0.25) is 4.79 Å². The van der Waals surface area contributed by atoms with E-state index in [4.69, 9.17) is 0 Å². The number of carbonyl (C=O) groups excluding carboxylic acids is 1. The van der Waals surface area contributed by atoms with Crippen LogP contribution in [0, 0.1) is 25.7 Å². The average Bonchev–Trinajstić information content (AvgIpc) is 2.49. The van der Waals surface area contributed by atoms with Gasteiger partial charge in [0.1, 0.15) is 5.78 Å². The molecule has 0 unspecified atom stereocenters. The lowest BCUT2D eigenvalue weighted by molar-refractivity contribution is -0.123. The van der Waals surface area contributed by atoms with Gasteiger partial charge < -0.3 is 0 Å². The molecule has 0 aromatic heterocycles. The molecule has 21 heavy (non-hydrogen) atoms. The zero-order valence-electron chi connectivity index (χ0n) is 14.0. The van der Waals surface area contributed by atoms with Crippen molar-refractivity contribution in [2.45, 2.75) is 72.1 Å². The molecule has 0 radical (unpaired) electrons. The fourth-order valence-electron chi connectivity index (χ4n) is 3.71. The topological polar surface area (TPSA) is 17.1 Å². The summed E-state index contributed by atoms with van der Waals surface area (Å²) in [5.74, 6) is 1.68. The molecule has 0 amide bonds. The van der Waals surface area contributed by atoms with Crippen molar-refractivity contribution in [3.8, 4) is 0 Å². The Morgan fingerprint density at radius 3 is 2.29 bits per heavy atom. The predicted molar refractivity (Wildman–Crippen MR) is 89.6 cm³/mol. The van der Waals surface area contributed by atoms with Gasteiger partial charge in [-0.05, 0) is 62.1 Å². The maximum Gasteiger partial charge on any atom is 0.140 e. The maximum atomic E-state index is 12.6. The lowest BCUT2D eigenvalue weighted by Gasteiger charge is -2.28. The number of Topliss-reactive ketones (excluding diaryl/α,β-unsaturated/α-hetero) is 1. The second-order valence-electron chi connectivity index (χ2n) is 6.87. The Kier molecular flexibility index (Phi) is 6.02. The van der Waals surface area contributed by atoms with Gasteiger partial charge in [0.25, 0.3) is 0 Å². The lowest BCUT2D eigenvalue weighted by Crippen LogP contribution is -2.23. The van der Waals surface area contributed by atoms with Crippen LogP contribution in [0.3, 0.4) is 0 Å². The van der Waals surface area contributed by atoms with E-state index in [2.05, 4.69) is 39.0 Å². The van der Waals surface area contributed by atoms with Crippen LogP contribution in [0.2, 0.25) is 0 Å². The summed E-state index contributed by atoms with van der Waals surface area (Å²) in [6.07, 6.45) is 9.44. The highest BCUT2D eigenvalue weighted by molar-refractivity contribution is 5.84. The molecule has 0 aliphatic heterocycles. The minimum atomic E-state index is 0.321. The molecule has 1 heteroatoms. The monoisotopic (exact) mass is 286 g/mol. The summed E-state index contributed by atoms with van der Waals surface area (Å²) in [5.41, 5.74) is 3.79. The number of ketones is 1. The highest BCUT2D eigenvalue weighted by Gasteiger charge is 2.26. The molecule has 1 aromatic carbocycles. The van der Waals surface area contributed by atoms with Crippen LogP contribution in [0.25, 0.3) is 0 Å². The van der Waals surface area contributed by atoms with Crippen LogP contribution >= 0.6 is 0 Å². The molecule has 1 aromatic rings. The van der Waals surface area contributed by atoms with Gasteiger partial charge in [-0.25, -0.2) is 0 Å². The molecule has 0 bridgehead atoms. The zero-order chi connectivity index (χ0) is 15.2. The van der Waals surface area contributed by atoms with Gasteiger partial charge in [-0.2, -0.15) is 0 Å². The quantitative estimate of drug-likeness (QED) is 0.683. The molecule has 0 saturated heterocycles. The molecule has 1 fully saturated rings. The second-order valence-corrected chi connectivity index (χ2v) is 6.87. The summed E-state index contributed by atoms with van der Waals surface area (Å²) in [5, 5.41) is 0. The Hall–Kier alpha value is -1.11. The van der Waals surface area contributed by atoms with E-state index in [-0.39, 0.29) is 0 Å². The third-order valence-electron chi connectivity index (χ3n) is 5.26. The van der Waals surface area contributed by atoms with Gasteiger partial charge >= 0.3 is 0 Å². The van der Waals surface area contributed by atoms with Crippen LogP contribution in [-0.4, -0.2) is 5.78 Å². The van der Waals surface area contributed by atoms with Crippen LogP contribution in [0.5, 0.6) is 0 Å². The fraction of sp³-hybridized carbons (Fsp3) is 0.650. The van der Waals surface area contributed by atoms with E-state index in [0.29, 0.717) is 18.1 Å². The minimum Gasteiger partial charge on any atom is -0.299 e. The van der Waals surface area contributed by atoms with Crippen molar-refractivity contribution in [1.29, 1.82) is 0 Å². The van der Waals surface area contributed by atoms with E-state index >= 15 is 0 Å². The van der Waals surface area contributed by atoms with Crippen molar-refractivity contribution in [3.05, 3.63) is 34.9 Å². The van der Waals surface area contributed by atoms with Crippen LogP contribution in [0.4, 0.5) is 0 Å². The summed E-state index contributed by atoms with van der Waals surface area (Å²) in [4.78, 5) is 12.6. The summed E-state index contributed by atoms with van der Waals surface area (Å²) < 4.78 is 0. The van der Waals surface area contributed by atoms with Gasteiger partial charge in [0.2, 0.25) is 0 Å². The molecule has 1 nitrogen and oxygen atoms in total. The van der Waals surface area contributed by atoms with Gasteiger partial charge in [-0.1, -0.05) is 44.4 Å². The molecule has 116 valence electrons. The van der Waals surface area contributed by atoms with E-state index in [1.165, 1.54) is 48.8 Å². The summed E-state index contributed by atoms with van der Waals surface area (Å²) in [7, 11) is 0.